The number of unbranched alkanes of at least 4 members (excludes halogenated alkanes) is 2. The van der Waals surface area contributed by atoms with Crippen LogP contribution in [0.1, 0.15) is 38.5 Å². The molecule has 0 radical (unpaired) electrons. The number of carbonyl (C=O) groups excluding carboxylic acids is 1. The van der Waals surface area contributed by atoms with Gasteiger partial charge in [-0.3, -0.25) is 0 Å². The van der Waals surface area contributed by atoms with E-state index in [4.69, 9.17) is 9.47 Å². The van der Waals surface area contributed by atoms with Gasteiger partial charge in [-0.2, -0.15) is 0 Å². The smallest absolute Gasteiger partial charge is 0.122 e. The van der Waals surface area contributed by atoms with E-state index in [2.05, 4.69) is 4.90 Å². The van der Waals surface area contributed by atoms with Crippen molar-refractivity contribution in [3.05, 3.63) is 30.3 Å². The third-order valence-corrected chi connectivity index (χ3v) is 4.25. The van der Waals surface area contributed by atoms with Crippen molar-refractivity contribution in [2.45, 2.75) is 44.6 Å². The summed E-state index contributed by atoms with van der Waals surface area (Å²) in [5.41, 5.74) is 0. The summed E-state index contributed by atoms with van der Waals surface area (Å²) in [7, 11) is 0. The predicted molar refractivity (Wildman–Crippen MR) is 91.9 cm³/mol. The molecule has 0 N–H and O–H groups in total. The van der Waals surface area contributed by atoms with E-state index in [1.54, 1.807) is 0 Å². The van der Waals surface area contributed by atoms with E-state index >= 15 is 0 Å². The highest BCUT2D eigenvalue weighted by Crippen LogP contribution is 2.15. The average Bonchev–Trinajstić information content (AvgIpc) is 2.60. The molecule has 128 valence electrons. The van der Waals surface area contributed by atoms with Crippen molar-refractivity contribution in [2.75, 3.05) is 32.8 Å². The molecule has 1 saturated heterocycles. The van der Waals surface area contributed by atoms with Crippen molar-refractivity contribution >= 4 is 6.29 Å². The fraction of sp³-hybridized carbons (Fsp3) is 0.632. The summed E-state index contributed by atoms with van der Waals surface area (Å²) in [5.74, 6) is 0.962. The van der Waals surface area contributed by atoms with Gasteiger partial charge in [-0.1, -0.05) is 18.2 Å². The molecule has 1 aromatic carbocycles. The van der Waals surface area contributed by atoms with Gasteiger partial charge >= 0.3 is 0 Å². The molecule has 0 bridgehead atoms. The van der Waals surface area contributed by atoms with Crippen LogP contribution in [0.2, 0.25) is 0 Å². The molecule has 2 rings (SSSR count). The van der Waals surface area contributed by atoms with Crippen molar-refractivity contribution in [3.63, 3.8) is 0 Å². The first kappa shape index (κ1) is 18.0. The van der Waals surface area contributed by atoms with Crippen molar-refractivity contribution in [2.24, 2.45) is 0 Å². The molecule has 23 heavy (non-hydrogen) atoms. The Morgan fingerprint density at radius 1 is 1.04 bits per heavy atom. The number of carbonyl (C=O) groups is 1. The molecule has 0 saturated carbocycles. The lowest BCUT2D eigenvalue weighted by Crippen LogP contribution is -2.37. The summed E-state index contributed by atoms with van der Waals surface area (Å²) in [4.78, 5) is 12.8. The molecule has 0 atom stereocenters. The first-order chi connectivity index (χ1) is 11.4. The van der Waals surface area contributed by atoms with Gasteiger partial charge in [0.25, 0.3) is 0 Å². The summed E-state index contributed by atoms with van der Waals surface area (Å²) in [5, 5.41) is 0. The van der Waals surface area contributed by atoms with Crippen LogP contribution >= 0.6 is 0 Å². The first-order valence-corrected chi connectivity index (χ1v) is 8.84. The zero-order chi connectivity index (χ0) is 16.2. The number of aldehydes is 1. The number of hydrogen-bond acceptors (Lipinski definition) is 4. The van der Waals surface area contributed by atoms with E-state index in [0.717, 1.165) is 51.0 Å². The Balaban J connectivity index is 1.44. The van der Waals surface area contributed by atoms with Crippen LogP contribution in [0.3, 0.4) is 0 Å². The van der Waals surface area contributed by atoms with Crippen LogP contribution in [-0.2, 0) is 9.53 Å². The Morgan fingerprint density at radius 3 is 2.57 bits per heavy atom. The summed E-state index contributed by atoms with van der Waals surface area (Å²) < 4.78 is 11.4. The zero-order valence-corrected chi connectivity index (χ0v) is 14.0. The Labute approximate surface area is 139 Å². The number of para-hydroxylation sites is 1. The predicted octanol–water partition coefficient (Wildman–Crippen LogP) is 3.31. The number of benzene rings is 1. The fourth-order valence-electron chi connectivity index (χ4n) is 2.90. The SMILES string of the molecule is O=CCCOC1CCN(CCCCCOc2ccccc2)CC1. The number of rotatable bonds is 11. The maximum atomic E-state index is 10.3. The second kappa shape index (κ2) is 11.2. The molecule has 0 aromatic heterocycles. The molecular weight excluding hydrogens is 290 g/mol. The van der Waals surface area contributed by atoms with Gasteiger partial charge in [-0.25, -0.2) is 0 Å². The molecule has 1 heterocycles. The summed E-state index contributed by atoms with van der Waals surface area (Å²) in [6, 6.07) is 10.0. The van der Waals surface area contributed by atoms with Crippen LogP contribution in [0.25, 0.3) is 0 Å². The minimum atomic E-state index is 0.352. The Hall–Kier alpha value is -1.39. The third-order valence-electron chi connectivity index (χ3n) is 4.25. The first-order valence-electron chi connectivity index (χ1n) is 8.84. The summed E-state index contributed by atoms with van der Waals surface area (Å²) >= 11 is 0. The van der Waals surface area contributed by atoms with Gasteiger partial charge in [0, 0.05) is 19.5 Å². The van der Waals surface area contributed by atoms with Gasteiger partial charge in [0.1, 0.15) is 12.0 Å². The van der Waals surface area contributed by atoms with Gasteiger partial charge in [-0.15, -0.1) is 0 Å². The molecule has 1 aromatic rings. The molecule has 1 aliphatic rings. The zero-order valence-electron chi connectivity index (χ0n) is 14.0. The van der Waals surface area contributed by atoms with Crippen LogP contribution in [0.15, 0.2) is 30.3 Å². The number of piperidine rings is 1. The number of nitrogens with zero attached hydrogens (tertiary/aromatic N) is 1. The molecule has 0 aliphatic carbocycles. The molecule has 0 unspecified atom stereocenters. The Morgan fingerprint density at radius 2 is 1.83 bits per heavy atom. The summed E-state index contributed by atoms with van der Waals surface area (Å²) in [6.07, 6.45) is 7.54. The highest BCUT2D eigenvalue weighted by atomic mass is 16.5. The second-order valence-corrected chi connectivity index (χ2v) is 6.09. The molecule has 1 aliphatic heterocycles. The molecule has 4 nitrogen and oxygen atoms in total. The standard InChI is InChI=1S/C19H29NO3/c21-15-7-17-23-19-10-13-20(14-11-19)12-5-2-6-16-22-18-8-3-1-4-9-18/h1,3-4,8-9,15,19H,2,5-7,10-14,16-17H2. The summed E-state index contributed by atoms with van der Waals surface area (Å²) in [6.45, 7) is 4.79. The highest BCUT2D eigenvalue weighted by molar-refractivity contribution is 5.49. The van der Waals surface area contributed by atoms with Crippen LogP contribution in [0.4, 0.5) is 0 Å². The lowest BCUT2D eigenvalue weighted by molar-refractivity contribution is -0.109. The molecule has 0 amide bonds. The molecule has 0 spiro atoms. The lowest BCUT2D eigenvalue weighted by Gasteiger charge is -2.31. The quantitative estimate of drug-likeness (QED) is 0.463. The Kier molecular flexibility index (Phi) is 8.74. The van der Waals surface area contributed by atoms with E-state index in [1.165, 1.54) is 19.4 Å². The maximum absolute atomic E-state index is 10.3. The van der Waals surface area contributed by atoms with E-state index in [9.17, 15) is 4.79 Å². The molecular formula is C19H29NO3. The van der Waals surface area contributed by atoms with Gasteiger partial charge in [0.05, 0.1) is 19.3 Å². The van der Waals surface area contributed by atoms with Crippen LogP contribution in [0.5, 0.6) is 5.75 Å². The normalized spacial score (nSPS) is 16.3. The monoisotopic (exact) mass is 319 g/mol. The van der Waals surface area contributed by atoms with Crippen LogP contribution in [0, 0.1) is 0 Å². The van der Waals surface area contributed by atoms with E-state index in [-0.39, 0.29) is 0 Å². The van der Waals surface area contributed by atoms with Crippen molar-refractivity contribution in [3.8, 4) is 5.75 Å². The highest BCUT2D eigenvalue weighted by Gasteiger charge is 2.18. The van der Waals surface area contributed by atoms with Crippen molar-refractivity contribution < 1.29 is 14.3 Å². The minimum Gasteiger partial charge on any atom is -0.494 e. The average molecular weight is 319 g/mol. The minimum absolute atomic E-state index is 0.352. The van der Waals surface area contributed by atoms with Gasteiger partial charge in [0.15, 0.2) is 0 Å². The molecule has 1 fully saturated rings. The van der Waals surface area contributed by atoms with Gasteiger partial charge in [0.2, 0.25) is 0 Å². The van der Waals surface area contributed by atoms with E-state index < -0.39 is 0 Å². The number of likely N-dealkylation sites (tertiary alicyclic amines) is 1. The third kappa shape index (κ3) is 7.62. The number of ether oxygens (including phenoxy) is 2. The second-order valence-electron chi connectivity index (χ2n) is 6.09. The van der Waals surface area contributed by atoms with Crippen LogP contribution in [-0.4, -0.2) is 50.1 Å². The van der Waals surface area contributed by atoms with Crippen LogP contribution < -0.4 is 4.74 Å². The van der Waals surface area contributed by atoms with E-state index in [0.29, 0.717) is 19.1 Å². The Bertz CT molecular complexity index is 416. The van der Waals surface area contributed by atoms with E-state index in [1.807, 2.05) is 30.3 Å². The lowest BCUT2D eigenvalue weighted by atomic mass is 10.1. The van der Waals surface area contributed by atoms with Gasteiger partial charge in [-0.05, 0) is 50.8 Å². The molecule has 4 heteroatoms. The number of hydrogen-bond donors (Lipinski definition) is 0. The fourth-order valence-corrected chi connectivity index (χ4v) is 2.90. The van der Waals surface area contributed by atoms with Crippen molar-refractivity contribution in [1.82, 2.24) is 4.90 Å². The topological polar surface area (TPSA) is 38.8 Å². The largest absolute Gasteiger partial charge is 0.494 e. The van der Waals surface area contributed by atoms with Gasteiger partial charge < -0.3 is 19.2 Å². The maximum Gasteiger partial charge on any atom is 0.122 e. The van der Waals surface area contributed by atoms with Crippen molar-refractivity contribution in [1.29, 1.82) is 0 Å².